The zero-order valence-corrected chi connectivity index (χ0v) is 12.3. The highest BCUT2D eigenvalue weighted by molar-refractivity contribution is 6.30. The third-order valence-electron chi connectivity index (χ3n) is 3.68. The van der Waals surface area contributed by atoms with Crippen LogP contribution in [0, 0.1) is 11.3 Å². The van der Waals surface area contributed by atoms with E-state index in [4.69, 9.17) is 17.3 Å². The van der Waals surface area contributed by atoms with Crippen molar-refractivity contribution >= 4 is 23.0 Å². The molecule has 0 aromatic heterocycles. The van der Waals surface area contributed by atoms with Crippen LogP contribution < -0.4 is 10.6 Å². The molecule has 2 aromatic rings. The summed E-state index contributed by atoms with van der Waals surface area (Å²) in [4.78, 5) is 2.26. The Morgan fingerprint density at radius 1 is 1.24 bits per heavy atom. The van der Waals surface area contributed by atoms with Crippen LogP contribution in [0.4, 0.5) is 11.4 Å². The molecule has 0 atom stereocenters. The molecule has 0 amide bonds. The SMILES string of the molecule is N#Cc1ccc(Cl)cc1N(Cc1cccc(N)c1)C1CC1. The Morgan fingerprint density at radius 2 is 2.05 bits per heavy atom. The largest absolute Gasteiger partial charge is 0.399 e. The first kappa shape index (κ1) is 13.8. The topological polar surface area (TPSA) is 53.0 Å². The number of hydrogen-bond donors (Lipinski definition) is 1. The van der Waals surface area contributed by atoms with Gasteiger partial charge in [0.15, 0.2) is 0 Å². The number of hydrogen-bond acceptors (Lipinski definition) is 3. The second-order valence-corrected chi connectivity index (χ2v) is 5.81. The third kappa shape index (κ3) is 3.12. The summed E-state index contributed by atoms with van der Waals surface area (Å²) in [6.07, 6.45) is 2.30. The fourth-order valence-corrected chi connectivity index (χ4v) is 2.69. The van der Waals surface area contributed by atoms with Crippen molar-refractivity contribution in [2.24, 2.45) is 0 Å². The van der Waals surface area contributed by atoms with E-state index >= 15 is 0 Å². The van der Waals surface area contributed by atoms with Gasteiger partial charge >= 0.3 is 0 Å². The maximum Gasteiger partial charge on any atom is 0.101 e. The molecule has 4 heteroatoms. The predicted octanol–water partition coefficient (Wildman–Crippen LogP) is 3.96. The summed E-state index contributed by atoms with van der Waals surface area (Å²) in [5, 5.41) is 9.99. The number of rotatable bonds is 4. The van der Waals surface area contributed by atoms with E-state index in [1.807, 2.05) is 24.3 Å². The van der Waals surface area contributed by atoms with E-state index in [0.717, 1.165) is 36.3 Å². The van der Waals surface area contributed by atoms with Crippen molar-refractivity contribution in [2.45, 2.75) is 25.4 Å². The Hall–Kier alpha value is -2.18. The van der Waals surface area contributed by atoms with E-state index < -0.39 is 0 Å². The van der Waals surface area contributed by atoms with Gasteiger partial charge in [0, 0.05) is 23.3 Å². The molecule has 1 aliphatic carbocycles. The molecule has 0 saturated heterocycles. The van der Waals surface area contributed by atoms with E-state index in [9.17, 15) is 5.26 Å². The van der Waals surface area contributed by atoms with Crippen LogP contribution in [-0.2, 0) is 6.54 Å². The van der Waals surface area contributed by atoms with Gasteiger partial charge in [-0.05, 0) is 48.7 Å². The highest BCUT2D eigenvalue weighted by atomic mass is 35.5. The van der Waals surface area contributed by atoms with E-state index in [0.29, 0.717) is 16.6 Å². The van der Waals surface area contributed by atoms with Crippen LogP contribution in [0.2, 0.25) is 5.02 Å². The average Bonchev–Trinajstić information content (AvgIpc) is 3.29. The van der Waals surface area contributed by atoms with Crippen LogP contribution in [0.25, 0.3) is 0 Å². The molecule has 21 heavy (non-hydrogen) atoms. The summed E-state index contributed by atoms with van der Waals surface area (Å²) >= 11 is 6.12. The highest BCUT2D eigenvalue weighted by Gasteiger charge is 2.30. The standard InChI is InChI=1S/C17H16ClN3/c18-14-5-4-13(10-19)17(9-14)21(16-6-7-16)11-12-2-1-3-15(20)8-12/h1-5,8-9,16H,6-7,11,20H2. The van der Waals surface area contributed by atoms with Gasteiger partial charge in [-0.1, -0.05) is 23.7 Å². The zero-order valence-electron chi connectivity index (χ0n) is 11.6. The van der Waals surface area contributed by atoms with Crippen LogP contribution in [0.15, 0.2) is 42.5 Å². The molecule has 0 spiro atoms. The van der Waals surface area contributed by atoms with Crippen molar-refractivity contribution in [3.05, 3.63) is 58.6 Å². The van der Waals surface area contributed by atoms with E-state index in [2.05, 4.69) is 17.0 Å². The lowest BCUT2D eigenvalue weighted by Crippen LogP contribution is -2.25. The fourth-order valence-electron chi connectivity index (χ4n) is 2.52. The van der Waals surface area contributed by atoms with E-state index in [1.165, 1.54) is 0 Å². The predicted molar refractivity (Wildman–Crippen MR) is 86.2 cm³/mol. The second kappa shape index (κ2) is 5.67. The molecule has 3 nitrogen and oxygen atoms in total. The molecule has 0 unspecified atom stereocenters. The van der Waals surface area contributed by atoms with Crippen LogP contribution in [-0.4, -0.2) is 6.04 Å². The number of nitriles is 1. The lowest BCUT2D eigenvalue weighted by atomic mass is 10.1. The number of nitrogen functional groups attached to an aromatic ring is 1. The molecule has 0 heterocycles. The molecule has 2 N–H and O–H groups in total. The Labute approximate surface area is 129 Å². The molecular weight excluding hydrogens is 282 g/mol. The lowest BCUT2D eigenvalue weighted by molar-refractivity contribution is 0.793. The quantitative estimate of drug-likeness (QED) is 0.869. The van der Waals surface area contributed by atoms with Gasteiger partial charge in [0.1, 0.15) is 6.07 Å². The van der Waals surface area contributed by atoms with Gasteiger partial charge in [-0.15, -0.1) is 0 Å². The molecule has 106 valence electrons. The summed E-state index contributed by atoms with van der Waals surface area (Å²) in [6, 6.07) is 16.0. The molecule has 1 saturated carbocycles. The Bertz CT molecular complexity index is 701. The summed E-state index contributed by atoms with van der Waals surface area (Å²) in [6.45, 7) is 0.741. The summed E-state index contributed by atoms with van der Waals surface area (Å²) in [5.41, 5.74) is 9.33. The van der Waals surface area contributed by atoms with Crippen molar-refractivity contribution in [1.82, 2.24) is 0 Å². The van der Waals surface area contributed by atoms with Gasteiger partial charge in [0.2, 0.25) is 0 Å². The molecule has 0 aliphatic heterocycles. The monoisotopic (exact) mass is 297 g/mol. The van der Waals surface area contributed by atoms with Crippen LogP contribution in [0.5, 0.6) is 0 Å². The smallest absolute Gasteiger partial charge is 0.101 e. The van der Waals surface area contributed by atoms with Crippen LogP contribution in [0.1, 0.15) is 24.0 Å². The number of anilines is 2. The number of halogens is 1. The molecule has 1 fully saturated rings. The first-order chi connectivity index (χ1) is 10.2. The number of nitrogens with two attached hydrogens (primary N) is 1. The maximum absolute atomic E-state index is 9.33. The minimum absolute atomic E-state index is 0.483. The average molecular weight is 298 g/mol. The normalized spacial score (nSPS) is 13.7. The van der Waals surface area contributed by atoms with E-state index in [-0.39, 0.29) is 0 Å². The zero-order chi connectivity index (χ0) is 14.8. The van der Waals surface area contributed by atoms with Crippen molar-refractivity contribution in [3.8, 4) is 6.07 Å². The number of benzene rings is 2. The minimum atomic E-state index is 0.483. The minimum Gasteiger partial charge on any atom is -0.399 e. The van der Waals surface area contributed by atoms with Crippen molar-refractivity contribution in [2.75, 3.05) is 10.6 Å². The molecule has 1 aliphatic rings. The molecule has 3 rings (SSSR count). The molecule has 0 radical (unpaired) electrons. The summed E-state index contributed by atoms with van der Waals surface area (Å²) in [7, 11) is 0. The van der Waals surface area contributed by atoms with Crippen LogP contribution >= 0.6 is 11.6 Å². The molecule has 0 bridgehead atoms. The second-order valence-electron chi connectivity index (χ2n) is 5.38. The van der Waals surface area contributed by atoms with Gasteiger partial charge < -0.3 is 10.6 Å². The van der Waals surface area contributed by atoms with Crippen molar-refractivity contribution in [1.29, 1.82) is 5.26 Å². The van der Waals surface area contributed by atoms with Gasteiger partial charge in [-0.25, -0.2) is 0 Å². The van der Waals surface area contributed by atoms with Crippen molar-refractivity contribution in [3.63, 3.8) is 0 Å². The Kier molecular flexibility index (Phi) is 3.72. The molecular formula is C17H16ClN3. The molecule has 2 aromatic carbocycles. The summed E-state index contributed by atoms with van der Waals surface area (Å²) in [5.74, 6) is 0. The number of nitrogens with zero attached hydrogens (tertiary/aromatic N) is 2. The van der Waals surface area contributed by atoms with Crippen molar-refractivity contribution < 1.29 is 0 Å². The van der Waals surface area contributed by atoms with Crippen LogP contribution in [0.3, 0.4) is 0 Å². The van der Waals surface area contributed by atoms with Gasteiger partial charge in [0.25, 0.3) is 0 Å². The highest BCUT2D eigenvalue weighted by Crippen LogP contribution is 2.36. The summed E-state index contributed by atoms with van der Waals surface area (Å²) < 4.78 is 0. The van der Waals surface area contributed by atoms with Gasteiger partial charge in [0.05, 0.1) is 11.3 Å². The van der Waals surface area contributed by atoms with Gasteiger partial charge in [-0.3, -0.25) is 0 Å². The Morgan fingerprint density at radius 3 is 2.71 bits per heavy atom. The first-order valence-electron chi connectivity index (χ1n) is 6.98. The lowest BCUT2D eigenvalue weighted by Gasteiger charge is -2.26. The first-order valence-corrected chi connectivity index (χ1v) is 7.36. The Balaban J connectivity index is 1.96. The fraction of sp³-hybridized carbons (Fsp3) is 0.235. The van der Waals surface area contributed by atoms with Gasteiger partial charge in [-0.2, -0.15) is 5.26 Å². The van der Waals surface area contributed by atoms with E-state index in [1.54, 1.807) is 12.1 Å². The third-order valence-corrected chi connectivity index (χ3v) is 3.92. The maximum atomic E-state index is 9.33.